The summed E-state index contributed by atoms with van der Waals surface area (Å²) in [5.41, 5.74) is 0.141. The van der Waals surface area contributed by atoms with Crippen LogP contribution < -0.4 is 10.2 Å². The van der Waals surface area contributed by atoms with E-state index in [0.717, 1.165) is 0 Å². The number of hydrogen-bond donors (Lipinski definition) is 1. The summed E-state index contributed by atoms with van der Waals surface area (Å²) in [6, 6.07) is 2.88. The predicted molar refractivity (Wildman–Crippen MR) is 76.6 cm³/mol. The lowest BCUT2D eigenvalue weighted by molar-refractivity contribution is -0.383. The molecule has 0 saturated carbocycles. The molecule has 0 fully saturated rings. The maximum absolute atomic E-state index is 11.9. The summed E-state index contributed by atoms with van der Waals surface area (Å²) in [5, 5.41) is 13.7. The van der Waals surface area contributed by atoms with E-state index in [1.165, 1.54) is 17.9 Å². The number of rotatable bonds is 1. The predicted octanol–water partition coefficient (Wildman–Crippen LogP) is 2.30. The smallest absolute Gasteiger partial charge is 0.296 e. The van der Waals surface area contributed by atoms with Gasteiger partial charge in [0.05, 0.1) is 16.5 Å². The fourth-order valence-corrected chi connectivity index (χ4v) is 2.50. The highest BCUT2D eigenvalue weighted by molar-refractivity contribution is 9.10. The zero-order valence-corrected chi connectivity index (χ0v) is 12.4. The van der Waals surface area contributed by atoms with Gasteiger partial charge in [0.25, 0.3) is 5.69 Å². The van der Waals surface area contributed by atoms with Crippen LogP contribution in [0.25, 0.3) is 0 Å². The van der Waals surface area contributed by atoms with Crippen LogP contribution in [-0.4, -0.2) is 23.3 Å². The van der Waals surface area contributed by atoms with Crippen molar-refractivity contribution in [3.63, 3.8) is 0 Å². The van der Waals surface area contributed by atoms with Gasteiger partial charge in [-0.05, 0) is 6.07 Å². The van der Waals surface area contributed by atoms with Crippen molar-refractivity contribution in [1.82, 2.24) is 0 Å². The van der Waals surface area contributed by atoms with Crippen molar-refractivity contribution in [2.45, 2.75) is 13.8 Å². The molecule has 0 saturated heterocycles. The lowest BCUT2D eigenvalue weighted by Gasteiger charge is -2.21. The number of nitrogens with zero attached hydrogens (tertiary/aromatic N) is 2. The Balaban J connectivity index is 2.71. The number of benzene rings is 1. The number of hydrogen-bond acceptors (Lipinski definition) is 4. The van der Waals surface area contributed by atoms with Gasteiger partial charge in [0, 0.05) is 24.0 Å². The van der Waals surface area contributed by atoms with Crippen LogP contribution in [0.1, 0.15) is 13.8 Å². The zero-order chi connectivity index (χ0) is 15.0. The average Bonchev–Trinajstić information content (AvgIpc) is 2.47. The standard InChI is InChI=1S/C12H12BrN3O4/c1-6-5-15(7(2)17)9-3-8(13)4-10(16(19)20)11(9)14-12(6)18/h3-4,6H,5H2,1-2H3,(H,14,18)/t6-/m1/s1. The molecule has 0 aromatic heterocycles. The van der Waals surface area contributed by atoms with E-state index >= 15 is 0 Å². The highest BCUT2D eigenvalue weighted by Gasteiger charge is 2.32. The van der Waals surface area contributed by atoms with Crippen LogP contribution in [0.3, 0.4) is 0 Å². The van der Waals surface area contributed by atoms with E-state index < -0.39 is 10.8 Å². The van der Waals surface area contributed by atoms with Crippen LogP contribution in [-0.2, 0) is 9.59 Å². The van der Waals surface area contributed by atoms with Crippen molar-refractivity contribution < 1.29 is 14.5 Å². The van der Waals surface area contributed by atoms with Crippen LogP contribution in [0.4, 0.5) is 17.1 Å². The Labute approximate surface area is 123 Å². The summed E-state index contributed by atoms with van der Waals surface area (Å²) in [4.78, 5) is 35.6. The Hall–Kier alpha value is -1.96. The van der Waals surface area contributed by atoms with Gasteiger partial charge in [-0.2, -0.15) is 0 Å². The monoisotopic (exact) mass is 341 g/mol. The van der Waals surface area contributed by atoms with Crippen LogP contribution >= 0.6 is 15.9 Å². The first kappa shape index (κ1) is 14.4. The molecule has 2 rings (SSSR count). The van der Waals surface area contributed by atoms with Crippen LogP contribution in [0, 0.1) is 16.0 Å². The first-order valence-electron chi connectivity index (χ1n) is 5.88. The minimum absolute atomic E-state index is 0.0581. The van der Waals surface area contributed by atoms with E-state index in [4.69, 9.17) is 0 Å². The van der Waals surface area contributed by atoms with Gasteiger partial charge >= 0.3 is 0 Å². The molecule has 1 atom stereocenters. The van der Waals surface area contributed by atoms with E-state index in [1.54, 1.807) is 13.0 Å². The molecule has 0 spiro atoms. The number of anilines is 2. The molecule has 8 heteroatoms. The maximum Gasteiger partial charge on any atom is 0.296 e. The fourth-order valence-electron chi connectivity index (χ4n) is 2.06. The number of amides is 2. The minimum atomic E-state index is -0.585. The molecule has 20 heavy (non-hydrogen) atoms. The Kier molecular flexibility index (Phi) is 3.76. The van der Waals surface area contributed by atoms with Crippen molar-refractivity contribution in [3.05, 3.63) is 26.7 Å². The molecule has 0 aliphatic carbocycles. The molecule has 7 nitrogen and oxygen atoms in total. The average molecular weight is 342 g/mol. The molecule has 1 N–H and O–H groups in total. The molecule has 0 bridgehead atoms. The number of halogens is 1. The number of carbonyl (C=O) groups is 2. The zero-order valence-electron chi connectivity index (χ0n) is 10.8. The van der Waals surface area contributed by atoms with E-state index in [-0.39, 0.29) is 29.7 Å². The number of carbonyl (C=O) groups excluding carboxylic acids is 2. The molecule has 2 amide bonds. The van der Waals surface area contributed by atoms with Crippen molar-refractivity contribution in [1.29, 1.82) is 0 Å². The third kappa shape index (κ3) is 2.51. The minimum Gasteiger partial charge on any atom is -0.318 e. The highest BCUT2D eigenvalue weighted by Crippen LogP contribution is 2.40. The molecule has 1 aromatic carbocycles. The molecule has 1 aromatic rings. The van der Waals surface area contributed by atoms with Gasteiger partial charge in [-0.25, -0.2) is 0 Å². The van der Waals surface area contributed by atoms with Crippen LogP contribution in [0.2, 0.25) is 0 Å². The van der Waals surface area contributed by atoms with Crippen molar-refractivity contribution in [2.24, 2.45) is 5.92 Å². The van der Waals surface area contributed by atoms with E-state index in [9.17, 15) is 19.7 Å². The normalized spacial score (nSPS) is 18.1. The van der Waals surface area contributed by atoms with Crippen molar-refractivity contribution in [2.75, 3.05) is 16.8 Å². The van der Waals surface area contributed by atoms with E-state index in [2.05, 4.69) is 21.2 Å². The molecular weight excluding hydrogens is 330 g/mol. The molecule has 1 aliphatic heterocycles. The summed E-state index contributed by atoms with van der Waals surface area (Å²) in [5.74, 6) is -1.08. The van der Waals surface area contributed by atoms with E-state index in [1.807, 2.05) is 0 Å². The van der Waals surface area contributed by atoms with Crippen LogP contribution in [0.15, 0.2) is 16.6 Å². The third-order valence-electron chi connectivity index (χ3n) is 3.08. The highest BCUT2D eigenvalue weighted by atomic mass is 79.9. The summed E-state index contributed by atoms with van der Waals surface area (Å²) < 4.78 is 0.470. The molecular formula is C12H12BrN3O4. The summed E-state index contributed by atoms with van der Waals surface area (Å²) in [7, 11) is 0. The van der Waals surface area contributed by atoms with Crippen molar-refractivity contribution in [3.8, 4) is 0 Å². The summed E-state index contributed by atoms with van der Waals surface area (Å²) >= 11 is 3.19. The number of fused-ring (bicyclic) bond motifs is 1. The fraction of sp³-hybridized carbons (Fsp3) is 0.333. The SMILES string of the molecule is CC(=O)N1C[C@@H](C)C(=O)Nc2c1cc(Br)cc2[N+](=O)[O-]. The Bertz CT molecular complexity index is 617. The topological polar surface area (TPSA) is 92.6 Å². The number of nitro groups is 1. The van der Waals surface area contributed by atoms with E-state index in [0.29, 0.717) is 10.2 Å². The molecule has 1 heterocycles. The Morgan fingerprint density at radius 1 is 1.55 bits per heavy atom. The molecule has 1 aliphatic rings. The number of nitro benzene ring substituents is 1. The van der Waals surface area contributed by atoms with Gasteiger partial charge in [0.2, 0.25) is 11.8 Å². The lowest BCUT2D eigenvalue weighted by atomic mass is 10.1. The molecule has 0 radical (unpaired) electrons. The largest absolute Gasteiger partial charge is 0.318 e. The maximum atomic E-state index is 11.9. The van der Waals surface area contributed by atoms with Gasteiger partial charge in [-0.15, -0.1) is 0 Å². The third-order valence-corrected chi connectivity index (χ3v) is 3.54. The second-order valence-electron chi connectivity index (χ2n) is 4.60. The Morgan fingerprint density at radius 3 is 2.75 bits per heavy atom. The van der Waals surface area contributed by atoms with Gasteiger partial charge in [-0.1, -0.05) is 22.9 Å². The first-order chi connectivity index (χ1) is 9.31. The Morgan fingerprint density at radius 2 is 2.20 bits per heavy atom. The van der Waals surface area contributed by atoms with Crippen molar-refractivity contribution >= 4 is 44.8 Å². The van der Waals surface area contributed by atoms with Gasteiger partial charge in [0.1, 0.15) is 5.69 Å². The van der Waals surface area contributed by atoms with Gasteiger partial charge < -0.3 is 10.2 Å². The van der Waals surface area contributed by atoms with Crippen LogP contribution in [0.5, 0.6) is 0 Å². The second-order valence-corrected chi connectivity index (χ2v) is 5.51. The summed E-state index contributed by atoms with van der Waals surface area (Å²) in [6.07, 6.45) is 0. The lowest BCUT2D eigenvalue weighted by Crippen LogP contribution is -2.34. The molecule has 0 unspecified atom stereocenters. The number of nitrogens with one attached hydrogen (secondary N) is 1. The first-order valence-corrected chi connectivity index (χ1v) is 6.67. The summed E-state index contributed by atoms with van der Waals surface area (Å²) in [6.45, 7) is 3.21. The molecule has 106 valence electrons. The van der Waals surface area contributed by atoms with Gasteiger partial charge in [0.15, 0.2) is 0 Å². The quantitative estimate of drug-likeness (QED) is 0.626. The van der Waals surface area contributed by atoms with Gasteiger partial charge in [-0.3, -0.25) is 19.7 Å². The second kappa shape index (κ2) is 5.20.